The molecule has 0 aromatic rings. The van der Waals surface area contributed by atoms with Crippen molar-refractivity contribution in [2.45, 2.75) is 51.2 Å². The molecule has 0 spiro atoms. The molecule has 0 amide bonds. The number of hydrogen-bond acceptors (Lipinski definition) is 3. The molecule has 0 saturated carbocycles. The first-order valence-corrected chi connectivity index (χ1v) is 6.75. The predicted octanol–water partition coefficient (Wildman–Crippen LogP) is 1.65. The smallest absolute Gasteiger partial charge is 0.0527 e. The summed E-state index contributed by atoms with van der Waals surface area (Å²) in [6.45, 7) is 6.19. The van der Waals surface area contributed by atoms with Crippen molar-refractivity contribution in [1.82, 2.24) is 4.90 Å². The molecule has 2 saturated heterocycles. The third-order valence-corrected chi connectivity index (χ3v) is 3.88. The molecule has 2 aliphatic heterocycles. The molecule has 2 aliphatic rings. The molecular weight excluding hydrogens is 202 g/mol. The molecule has 0 aliphatic carbocycles. The lowest BCUT2D eigenvalue weighted by atomic mass is 9.95. The van der Waals surface area contributed by atoms with Gasteiger partial charge in [-0.15, -0.1) is 0 Å². The minimum Gasteiger partial charge on any atom is -0.393 e. The number of likely N-dealkylation sites (tertiary alicyclic amines) is 1. The minimum atomic E-state index is -0.162. The van der Waals surface area contributed by atoms with Crippen LogP contribution in [0.1, 0.15) is 39.0 Å². The van der Waals surface area contributed by atoms with E-state index in [4.69, 9.17) is 4.74 Å². The van der Waals surface area contributed by atoms with Crippen LogP contribution < -0.4 is 0 Å². The highest BCUT2D eigenvalue weighted by Gasteiger charge is 2.27. The lowest BCUT2D eigenvalue weighted by Gasteiger charge is -2.37. The van der Waals surface area contributed by atoms with Crippen LogP contribution in [0.5, 0.6) is 0 Å². The van der Waals surface area contributed by atoms with Crippen molar-refractivity contribution in [2.75, 3.05) is 26.3 Å². The molecule has 0 bridgehead atoms. The van der Waals surface area contributed by atoms with E-state index in [1.807, 2.05) is 6.92 Å². The summed E-state index contributed by atoms with van der Waals surface area (Å²) in [5.74, 6) is 0.731. The van der Waals surface area contributed by atoms with Gasteiger partial charge in [0, 0.05) is 19.2 Å². The Hall–Kier alpha value is -0.120. The molecule has 3 heteroatoms. The molecule has 2 rings (SSSR count). The van der Waals surface area contributed by atoms with E-state index in [0.29, 0.717) is 6.04 Å². The first-order valence-electron chi connectivity index (χ1n) is 6.75. The Bertz CT molecular complexity index is 202. The van der Waals surface area contributed by atoms with E-state index in [2.05, 4.69) is 4.90 Å². The van der Waals surface area contributed by atoms with Crippen molar-refractivity contribution in [3.63, 3.8) is 0 Å². The summed E-state index contributed by atoms with van der Waals surface area (Å²) >= 11 is 0. The van der Waals surface area contributed by atoms with Crippen LogP contribution in [-0.4, -0.2) is 48.5 Å². The number of hydrogen-bond donors (Lipinski definition) is 1. The Labute approximate surface area is 98.8 Å². The molecule has 2 heterocycles. The topological polar surface area (TPSA) is 32.7 Å². The van der Waals surface area contributed by atoms with E-state index in [-0.39, 0.29) is 6.10 Å². The van der Waals surface area contributed by atoms with Crippen molar-refractivity contribution < 1.29 is 9.84 Å². The van der Waals surface area contributed by atoms with Gasteiger partial charge in [0.25, 0.3) is 0 Å². The molecule has 0 aromatic carbocycles. The summed E-state index contributed by atoms with van der Waals surface area (Å²) in [7, 11) is 0. The van der Waals surface area contributed by atoms with Crippen LogP contribution in [0.2, 0.25) is 0 Å². The number of piperidine rings is 1. The van der Waals surface area contributed by atoms with E-state index >= 15 is 0 Å². The van der Waals surface area contributed by atoms with Crippen LogP contribution in [0.3, 0.4) is 0 Å². The molecule has 3 nitrogen and oxygen atoms in total. The fraction of sp³-hybridized carbons (Fsp3) is 1.00. The zero-order valence-electron chi connectivity index (χ0n) is 10.4. The Kier molecular flexibility index (Phi) is 4.62. The number of rotatable bonds is 4. The maximum Gasteiger partial charge on any atom is 0.0527 e. The van der Waals surface area contributed by atoms with Gasteiger partial charge in [-0.25, -0.2) is 0 Å². The summed E-state index contributed by atoms with van der Waals surface area (Å²) in [6, 6.07) is 0.606. The Balaban J connectivity index is 1.83. The summed E-state index contributed by atoms with van der Waals surface area (Å²) in [6.07, 6.45) is 5.91. The molecule has 94 valence electrons. The first kappa shape index (κ1) is 12.3. The highest BCUT2D eigenvalue weighted by Crippen LogP contribution is 2.24. The van der Waals surface area contributed by atoms with Gasteiger partial charge in [-0.3, -0.25) is 4.90 Å². The summed E-state index contributed by atoms with van der Waals surface area (Å²) in [5.41, 5.74) is 0. The van der Waals surface area contributed by atoms with Crippen molar-refractivity contribution in [1.29, 1.82) is 0 Å². The maximum atomic E-state index is 9.53. The van der Waals surface area contributed by atoms with Gasteiger partial charge in [0.1, 0.15) is 0 Å². The second-order valence-corrected chi connectivity index (χ2v) is 5.46. The Morgan fingerprint density at radius 1 is 1.38 bits per heavy atom. The van der Waals surface area contributed by atoms with Gasteiger partial charge in [-0.2, -0.15) is 0 Å². The van der Waals surface area contributed by atoms with E-state index in [9.17, 15) is 5.11 Å². The van der Waals surface area contributed by atoms with Crippen molar-refractivity contribution in [3.05, 3.63) is 0 Å². The molecule has 3 atom stereocenters. The second kappa shape index (κ2) is 5.99. The zero-order chi connectivity index (χ0) is 11.4. The van der Waals surface area contributed by atoms with Crippen LogP contribution in [0.15, 0.2) is 0 Å². The number of aliphatic hydroxyl groups excluding tert-OH is 1. The fourth-order valence-corrected chi connectivity index (χ4v) is 3.02. The van der Waals surface area contributed by atoms with Crippen molar-refractivity contribution in [3.8, 4) is 0 Å². The number of nitrogens with zero attached hydrogens (tertiary/aromatic N) is 1. The van der Waals surface area contributed by atoms with Crippen LogP contribution in [-0.2, 0) is 4.74 Å². The fourth-order valence-electron chi connectivity index (χ4n) is 3.02. The van der Waals surface area contributed by atoms with Gasteiger partial charge >= 0.3 is 0 Å². The SMILES string of the molecule is CC(O)CC1CCCCN1CC1CCOC1. The van der Waals surface area contributed by atoms with Crippen molar-refractivity contribution >= 4 is 0 Å². The van der Waals surface area contributed by atoms with Gasteiger partial charge in [-0.1, -0.05) is 6.42 Å². The van der Waals surface area contributed by atoms with Gasteiger partial charge in [0.05, 0.1) is 12.7 Å². The highest BCUT2D eigenvalue weighted by molar-refractivity contribution is 4.81. The van der Waals surface area contributed by atoms with Crippen LogP contribution in [0.4, 0.5) is 0 Å². The standard InChI is InChI=1S/C13H25NO2/c1-11(15)8-13-4-2-3-6-14(13)9-12-5-7-16-10-12/h11-13,15H,2-10H2,1H3. The molecule has 0 radical (unpaired) electrons. The van der Waals surface area contributed by atoms with Gasteiger partial charge in [0.15, 0.2) is 0 Å². The summed E-state index contributed by atoms with van der Waals surface area (Å²) in [5, 5.41) is 9.53. The molecule has 2 fully saturated rings. The highest BCUT2D eigenvalue weighted by atomic mass is 16.5. The molecule has 0 aromatic heterocycles. The molecule has 16 heavy (non-hydrogen) atoms. The third-order valence-electron chi connectivity index (χ3n) is 3.88. The largest absolute Gasteiger partial charge is 0.393 e. The van der Waals surface area contributed by atoms with Gasteiger partial charge in [-0.05, 0) is 45.1 Å². The molecule has 1 N–H and O–H groups in total. The zero-order valence-corrected chi connectivity index (χ0v) is 10.4. The lowest BCUT2D eigenvalue weighted by molar-refractivity contribution is 0.0720. The van der Waals surface area contributed by atoms with E-state index in [1.54, 1.807) is 0 Å². The second-order valence-electron chi connectivity index (χ2n) is 5.46. The number of ether oxygens (including phenoxy) is 1. The third kappa shape index (κ3) is 3.44. The van der Waals surface area contributed by atoms with Crippen molar-refractivity contribution in [2.24, 2.45) is 5.92 Å². The maximum absolute atomic E-state index is 9.53. The van der Waals surface area contributed by atoms with E-state index in [0.717, 1.165) is 25.6 Å². The van der Waals surface area contributed by atoms with Crippen LogP contribution in [0, 0.1) is 5.92 Å². The Morgan fingerprint density at radius 2 is 2.25 bits per heavy atom. The first-order chi connectivity index (χ1) is 7.75. The van der Waals surface area contributed by atoms with Crippen LogP contribution >= 0.6 is 0 Å². The monoisotopic (exact) mass is 227 g/mol. The molecular formula is C13H25NO2. The summed E-state index contributed by atoms with van der Waals surface area (Å²) < 4.78 is 5.44. The quantitative estimate of drug-likeness (QED) is 0.792. The normalized spacial score (nSPS) is 34.1. The average Bonchev–Trinajstić information content (AvgIpc) is 2.73. The minimum absolute atomic E-state index is 0.162. The van der Waals surface area contributed by atoms with E-state index in [1.165, 1.54) is 38.8 Å². The average molecular weight is 227 g/mol. The lowest BCUT2D eigenvalue weighted by Crippen LogP contribution is -2.43. The summed E-state index contributed by atoms with van der Waals surface area (Å²) in [4.78, 5) is 2.59. The molecule has 3 unspecified atom stereocenters. The van der Waals surface area contributed by atoms with Gasteiger partial charge in [0.2, 0.25) is 0 Å². The van der Waals surface area contributed by atoms with Gasteiger partial charge < -0.3 is 9.84 Å². The van der Waals surface area contributed by atoms with E-state index < -0.39 is 0 Å². The Morgan fingerprint density at radius 3 is 2.94 bits per heavy atom. The predicted molar refractivity (Wildman–Crippen MR) is 64.4 cm³/mol. The van der Waals surface area contributed by atoms with Crippen LogP contribution in [0.25, 0.3) is 0 Å². The number of aliphatic hydroxyl groups is 1.